The van der Waals surface area contributed by atoms with Crippen LogP contribution < -0.4 is 10.6 Å². The minimum absolute atomic E-state index is 0.0333. The number of hydrogen-bond acceptors (Lipinski definition) is 3. The topological polar surface area (TPSA) is 88.5 Å². The first-order valence-electron chi connectivity index (χ1n) is 8.24. The van der Waals surface area contributed by atoms with Gasteiger partial charge in [-0.1, -0.05) is 0 Å². The number of carbonyl (C=O) groups is 2. The van der Waals surface area contributed by atoms with E-state index in [9.17, 15) is 9.59 Å². The molecule has 0 atom stereocenters. The molecule has 0 bridgehead atoms. The van der Waals surface area contributed by atoms with Crippen molar-refractivity contribution in [1.82, 2.24) is 15.1 Å². The lowest BCUT2D eigenvalue weighted by molar-refractivity contribution is 0.149. The van der Waals surface area contributed by atoms with E-state index in [1.54, 1.807) is 34.1 Å². The number of benzene rings is 1. The van der Waals surface area contributed by atoms with Gasteiger partial charge in [-0.25, -0.2) is 9.59 Å². The summed E-state index contributed by atoms with van der Waals surface area (Å²) >= 11 is 0. The Bertz CT molecular complexity index is 640. The Hall–Kier alpha value is -2.75. The van der Waals surface area contributed by atoms with Crippen molar-refractivity contribution in [2.24, 2.45) is 5.92 Å². The molecule has 1 aromatic carbocycles. The second-order valence-electron chi connectivity index (χ2n) is 6.22. The molecule has 2 fully saturated rings. The van der Waals surface area contributed by atoms with Gasteiger partial charge in [0, 0.05) is 38.4 Å². The molecular formula is C17H21N5O2. The molecule has 4 amide bonds. The number of piperazine rings is 1. The number of nitriles is 1. The first-order chi connectivity index (χ1) is 11.7. The van der Waals surface area contributed by atoms with Crippen LogP contribution in [0.3, 0.4) is 0 Å². The predicted octanol–water partition coefficient (Wildman–Crippen LogP) is 1.83. The van der Waals surface area contributed by atoms with Crippen molar-refractivity contribution in [3.63, 3.8) is 0 Å². The maximum atomic E-state index is 12.3. The zero-order chi connectivity index (χ0) is 16.9. The van der Waals surface area contributed by atoms with Crippen molar-refractivity contribution in [3.05, 3.63) is 29.8 Å². The molecule has 1 aliphatic heterocycles. The SMILES string of the molecule is N#Cc1ccc(NC(=O)N2CCN(C(=O)NCC3CC3)CC2)cc1. The van der Waals surface area contributed by atoms with Gasteiger partial charge in [-0.3, -0.25) is 0 Å². The van der Waals surface area contributed by atoms with E-state index in [2.05, 4.69) is 10.6 Å². The molecule has 2 aliphatic rings. The van der Waals surface area contributed by atoms with Gasteiger partial charge in [0.1, 0.15) is 0 Å². The second kappa shape index (κ2) is 7.21. The van der Waals surface area contributed by atoms with Crippen molar-refractivity contribution in [1.29, 1.82) is 5.26 Å². The van der Waals surface area contributed by atoms with Crippen molar-refractivity contribution in [2.45, 2.75) is 12.8 Å². The third kappa shape index (κ3) is 4.16. The van der Waals surface area contributed by atoms with Gasteiger partial charge in [-0.15, -0.1) is 0 Å². The van der Waals surface area contributed by atoms with Crippen LogP contribution in [0.15, 0.2) is 24.3 Å². The molecule has 1 aliphatic carbocycles. The molecule has 1 saturated heterocycles. The van der Waals surface area contributed by atoms with Gasteiger partial charge in [0.15, 0.2) is 0 Å². The highest BCUT2D eigenvalue weighted by Gasteiger charge is 2.26. The van der Waals surface area contributed by atoms with Gasteiger partial charge in [0.25, 0.3) is 0 Å². The van der Waals surface area contributed by atoms with Crippen LogP contribution in [0.25, 0.3) is 0 Å². The molecule has 1 heterocycles. The monoisotopic (exact) mass is 327 g/mol. The summed E-state index contributed by atoms with van der Waals surface area (Å²) in [5, 5.41) is 14.5. The average Bonchev–Trinajstić information content (AvgIpc) is 3.45. The van der Waals surface area contributed by atoms with E-state index in [-0.39, 0.29) is 12.1 Å². The smallest absolute Gasteiger partial charge is 0.321 e. The Kier molecular flexibility index (Phi) is 4.85. The standard InChI is InChI=1S/C17H21N5O2/c18-11-13-3-5-15(6-4-13)20-17(24)22-9-7-21(8-10-22)16(23)19-12-14-1-2-14/h3-6,14H,1-2,7-10,12H2,(H,19,23)(H,20,24). The molecule has 1 saturated carbocycles. The molecule has 7 heteroatoms. The predicted molar refractivity (Wildman–Crippen MR) is 89.4 cm³/mol. The number of urea groups is 2. The van der Waals surface area contributed by atoms with Crippen LogP contribution in [0.5, 0.6) is 0 Å². The summed E-state index contributed by atoms with van der Waals surface area (Å²) in [7, 11) is 0. The van der Waals surface area contributed by atoms with E-state index < -0.39 is 0 Å². The molecule has 3 rings (SSSR count). The summed E-state index contributed by atoms with van der Waals surface area (Å²) in [6.45, 7) is 2.87. The lowest BCUT2D eigenvalue weighted by atomic mass is 10.2. The molecule has 0 radical (unpaired) electrons. The number of nitrogens with one attached hydrogen (secondary N) is 2. The molecule has 0 unspecified atom stereocenters. The van der Waals surface area contributed by atoms with Crippen LogP contribution in [-0.2, 0) is 0 Å². The minimum Gasteiger partial charge on any atom is -0.338 e. The van der Waals surface area contributed by atoms with Crippen molar-refractivity contribution < 1.29 is 9.59 Å². The summed E-state index contributed by atoms with van der Waals surface area (Å²) in [5.41, 5.74) is 1.21. The van der Waals surface area contributed by atoms with E-state index in [0.29, 0.717) is 43.3 Å². The summed E-state index contributed by atoms with van der Waals surface area (Å²) in [6.07, 6.45) is 2.42. The number of rotatable bonds is 3. The number of amides is 4. The van der Waals surface area contributed by atoms with Crippen LogP contribution in [0.4, 0.5) is 15.3 Å². The summed E-state index contributed by atoms with van der Waals surface area (Å²) in [6, 6.07) is 8.57. The normalized spacial score (nSPS) is 17.1. The first kappa shape index (κ1) is 16.1. The fourth-order valence-electron chi connectivity index (χ4n) is 2.61. The summed E-state index contributed by atoms with van der Waals surface area (Å²) in [4.78, 5) is 27.7. The van der Waals surface area contributed by atoms with Crippen molar-refractivity contribution in [3.8, 4) is 6.07 Å². The van der Waals surface area contributed by atoms with Crippen molar-refractivity contribution in [2.75, 3.05) is 38.0 Å². The second-order valence-corrected chi connectivity index (χ2v) is 6.22. The van der Waals surface area contributed by atoms with E-state index in [1.807, 2.05) is 6.07 Å². The minimum atomic E-state index is -0.183. The Morgan fingerprint density at radius 1 is 1.04 bits per heavy atom. The fraction of sp³-hybridized carbons (Fsp3) is 0.471. The number of carbonyl (C=O) groups excluding carboxylic acids is 2. The zero-order valence-electron chi connectivity index (χ0n) is 13.5. The highest BCUT2D eigenvalue weighted by Crippen LogP contribution is 2.27. The number of anilines is 1. The lowest BCUT2D eigenvalue weighted by Gasteiger charge is -2.34. The Morgan fingerprint density at radius 2 is 1.62 bits per heavy atom. The quantitative estimate of drug-likeness (QED) is 0.887. The lowest BCUT2D eigenvalue weighted by Crippen LogP contribution is -2.54. The van der Waals surface area contributed by atoms with Crippen LogP contribution >= 0.6 is 0 Å². The van der Waals surface area contributed by atoms with Gasteiger partial charge in [-0.05, 0) is 43.0 Å². The molecule has 7 nitrogen and oxygen atoms in total. The highest BCUT2D eigenvalue weighted by molar-refractivity contribution is 5.89. The van der Waals surface area contributed by atoms with Crippen LogP contribution in [-0.4, -0.2) is 54.6 Å². The Morgan fingerprint density at radius 3 is 2.17 bits per heavy atom. The highest BCUT2D eigenvalue weighted by atomic mass is 16.2. The number of nitrogens with zero attached hydrogens (tertiary/aromatic N) is 3. The summed E-state index contributed by atoms with van der Waals surface area (Å²) < 4.78 is 0. The molecule has 1 aromatic rings. The Balaban J connectivity index is 1.44. The van der Waals surface area contributed by atoms with Crippen LogP contribution in [0.2, 0.25) is 0 Å². The number of hydrogen-bond donors (Lipinski definition) is 2. The van der Waals surface area contributed by atoms with E-state index in [1.165, 1.54) is 12.8 Å². The molecule has 0 aromatic heterocycles. The van der Waals surface area contributed by atoms with Gasteiger partial charge in [0.05, 0.1) is 11.6 Å². The fourth-order valence-corrected chi connectivity index (χ4v) is 2.61. The third-order valence-corrected chi connectivity index (χ3v) is 4.36. The third-order valence-electron chi connectivity index (χ3n) is 4.36. The van der Waals surface area contributed by atoms with Gasteiger partial charge < -0.3 is 20.4 Å². The van der Waals surface area contributed by atoms with E-state index >= 15 is 0 Å². The first-order valence-corrected chi connectivity index (χ1v) is 8.24. The molecular weight excluding hydrogens is 306 g/mol. The average molecular weight is 327 g/mol. The zero-order valence-corrected chi connectivity index (χ0v) is 13.5. The van der Waals surface area contributed by atoms with Gasteiger partial charge in [-0.2, -0.15) is 5.26 Å². The van der Waals surface area contributed by atoms with E-state index in [4.69, 9.17) is 5.26 Å². The molecule has 2 N–H and O–H groups in total. The maximum Gasteiger partial charge on any atom is 0.321 e. The van der Waals surface area contributed by atoms with Gasteiger partial charge >= 0.3 is 12.1 Å². The summed E-state index contributed by atoms with van der Waals surface area (Å²) in [5.74, 6) is 0.661. The van der Waals surface area contributed by atoms with E-state index in [0.717, 1.165) is 6.54 Å². The van der Waals surface area contributed by atoms with Crippen molar-refractivity contribution >= 4 is 17.7 Å². The maximum absolute atomic E-state index is 12.3. The van der Waals surface area contributed by atoms with Crippen LogP contribution in [0, 0.1) is 17.2 Å². The van der Waals surface area contributed by atoms with Crippen LogP contribution in [0.1, 0.15) is 18.4 Å². The Labute approximate surface area is 141 Å². The van der Waals surface area contributed by atoms with Gasteiger partial charge in [0.2, 0.25) is 0 Å². The largest absolute Gasteiger partial charge is 0.338 e. The molecule has 24 heavy (non-hydrogen) atoms. The molecule has 0 spiro atoms. The molecule has 126 valence electrons.